The van der Waals surface area contributed by atoms with E-state index in [0.717, 1.165) is 31.8 Å². The number of carbonyl (C=O) groups is 1. The van der Waals surface area contributed by atoms with Gasteiger partial charge < -0.3 is 14.8 Å². The summed E-state index contributed by atoms with van der Waals surface area (Å²) in [5.41, 5.74) is 0. The van der Waals surface area contributed by atoms with Crippen molar-refractivity contribution in [2.75, 3.05) is 6.54 Å². The number of nitrogens with one attached hydrogen (secondary N) is 1. The number of carbonyl (C=O) groups excluding carboxylic acids is 1. The summed E-state index contributed by atoms with van der Waals surface area (Å²) in [5.74, 6) is 0.875. The normalized spacial score (nSPS) is 20.6. The predicted molar refractivity (Wildman–Crippen MR) is 65.8 cm³/mol. The lowest BCUT2D eigenvalue weighted by atomic mass is 9.96. The third-order valence-electron chi connectivity index (χ3n) is 3.86. The number of hydrogen-bond acceptors (Lipinski definition) is 3. The van der Waals surface area contributed by atoms with Crippen molar-refractivity contribution in [1.29, 1.82) is 0 Å². The van der Waals surface area contributed by atoms with Crippen LogP contribution in [0.4, 0.5) is 4.79 Å². The largest absolute Gasteiger partial charge is 0.335 e. The van der Waals surface area contributed by atoms with Gasteiger partial charge in [0.25, 0.3) is 0 Å². The lowest BCUT2D eigenvalue weighted by Crippen LogP contribution is -2.48. The standard InChI is InChI=1S/C12H19N5O/c18-12(14-10-4-2-1-3-5-10)16-6-7-17-9-13-15-11(17)8-16/h9-10H,1-8H2,(H,14,18). The van der Waals surface area contributed by atoms with Gasteiger partial charge in [-0.25, -0.2) is 4.79 Å². The minimum atomic E-state index is 0.0520. The highest BCUT2D eigenvalue weighted by atomic mass is 16.2. The molecule has 1 saturated carbocycles. The van der Waals surface area contributed by atoms with E-state index >= 15 is 0 Å². The summed E-state index contributed by atoms with van der Waals surface area (Å²) < 4.78 is 2.00. The molecule has 3 rings (SSSR count). The lowest BCUT2D eigenvalue weighted by Gasteiger charge is -2.30. The van der Waals surface area contributed by atoms with Gasteiger partial charge in [0.15, 0.2) is 5.82 Å². The summed E-state index contributed by atoms with van der Waals surface area (Å²) in [7, 11) is 0. The van der Waals surface area contributed by atoms with Crippen LogP contribution in [0.15, 0.2) is 6.33 Å². The van der Waals surface area contributed by atoms with Crippen molar-refractivity contribution in [3.05, 3.63) is 12.2 Å². The van der Waals surface area contributed by atoms with Gasteiger partial charge in [-0.1, -0.05) is 19.3 Å². The number of rotatable bonds is 1. The van der Waals surface area contributed by atoms with E-state index in [-0.39, 0.29) is 6.03 Å². The molecule has 2 heterocycles. The highest BCUT2D eigenvalue weighted by Crippen LogP contribution is 2.18. The van der Waals surface area contributed by atoms with E-state index < -0.39 is 0 Å². The molecule has 0 bridgehead atoms. The maximum absolute atomic E-state index is 12.2. The van der Waals surface area contributed by atoms with Crippen molar-refractivity contribution in [2.24, 2.45) is 0 Å². The molecule has 6 heteroatoms. The van der Waals surface area contributed by atoms with Crippen molar-refractivity contribution >= 4 is 6.03 Å². The molecule has 18 heavy (non-hydrogen) atoms. The smallest absolute Gasteiger partial charge is 0.318 e. The van der Waals surface area contributed by atoms with Crippen molar-refractivity contribution in [3.8, 4) is 0 Å². The second kappa shape index (κ2) is 4.96. The molecule has 98 valence electrons. The fourth-order valence-corrected chi connectivity index (χ4v) is 2.75. The van der Waals surface area contributed by atoms with Crippen molar-refractivity contribution < 1.29 is 4.79 Å². The fraction of sp³-hybridized carbons (Fsp3) is 0.750. The monoisotopic (exact) mass is 249 g/mol. The topological polar surface area (TPSA) is 63.1 Å². The van der Waals surface area contributed by atoms with Crippen LogP contribution in [0.25, 0.3) is 0 Å². The molecule has 2 amide bonds. The Bertz CT molecular complexity index is 424. The third kappa shape index (κ3) is 2.32. The summed E-state index contributed by atoms with van der Waals surface area (Å²) in [4.78, 5) is 14.0. The molecule has 1 aromatic heterocycles. The van der Waals surface area contributed by atoms with Gasteiger partial charge in [-0.05, 0) is 12.8 Å². The SMILES string of the molecule is O=C(NC1CCCCC1)N1CCn2cnnc2C1. The van der Waals surface area contributed by atoms with Crippen molar-refractivity contribution in [1.82, 2.24) is 25.0 Å². The zero-order chi connectivity index (χ0) is 12.4. The first-order valence-electron chi connectivity index (χ1n) is 6.75. The summed E-state index contributed by atoms with van der Waals surface area (Å²) in [6.07, 6.45) is 7.75. The second-order valence-corrected chi connectivity index (χ2v) is 5.15. The molecule has 0 spiro atoms. The van der Waals surface area contributed by atoms with Gasteiger partial charge in [0.2, 0.25) is 0 Å². The zero-order valence-corrected chi connectivity index (χ0v) is 10.5. The maximum atomic E-state index is 12.2. The first-order chi connectivity index (χ1) is 8.83. The van der Waals surface area contributed by atoms with Gasteiger partial charge in [-0.2, -0.15) is 0 Å². The molecular formula is C12H19N5O. The first-order valence-corrected chi connectivity index (χ1v) is 6.75. The third-order valence-corrected chi connectivity index (χ3v) is 3.86. The van der Waals surface area contributed by atoms with Crippen LogP contribution in [0.3, 0.4) is 0 Å². The quantitative estimate of drug-likeness (QED) is 0.811. The molecule has 0 aromatic carbocycles. The van der Waals surface area contributed by atoms with Crippen LogP contribution in [0.5, 0.6) is 0 Å². The van der Waals surface area contributed by atoms with E-state index in [4.69, 9.17) is 0 Å². The molecular weight excluding hydrogens is 230 g/mol. The summed E-state index contributed by atoms with van der Waals surface area (Å²) in [6.45, 7) is 2.10. The highest BCUT2D eigenvalue weighted by molar-refractivity contribution is 5.74. The molecule has 2 aliphatic rings. The molecule has 1 aromatic rings. The number of urea groups is 1. The first kappa shape index (κ1) is 11.5. The van der Waals surface area contributed by atoms with Crippen LogP contribution in [0.2, 0.25) is 0 Å². The Morgan fingerprint density at radius 3 is 2.94 bits per heavy atom. The van der Waals surface area contributed by atoms with Crippen LogP contribution >= 0.6 is 0 Å². The maximum Gasteiger partial charge on any atom is 0.318 e. The Morgan fingerprint density at radius 1 is 1.28 bits per heavy atom. The van der Waals surface area contributed by atoms with Crippen LogP contribution in [0, 0.1) is 0 Å². The van der Waals surface area contributed by atoms with Crippen LogP contribution in [0.1, 0.15) is 37.9 Å². The van der Waals surface area contributed by atoms with Gasteiger partial charge in [-0.3, -0.25) is 0 Å². The number of aromatic nitrogens is 3. The van der Waals surface area contributed by atoms with Crippen LogP contribution in [-0.4, -0.2) is 38.3 Å². The minimum Gasteiger partial charge on any atom is -0.335 e. The Morgan fingerprint density at radius 2 is 2.11 bits per heavy atom. The second-order valence-electron chi connectivity index (χ2n) is 5.15. The van der Waals surface area contributed by atoms with E-state index in [1.165, 1.54) is 19.3 Å². The van der Waals surface area contributed by atoms with Crippen LogP contribution in [-0.2, 0) is 13.1 Å². The molecule has 0 saturated heterocycles. The summed E-state index contributed by atoms with van der Waals surface area (Å²) in [6, 6.07) is 0.419. The molecule has 0 unspecified atom stereocenters. The zero-order valence-electron chi connectivity index (χ0n) is 10.5. The Kier molecular flexibility index (Phi) is 3.17. The van der Waals surface area contributed by atoms with Crippen molar-refractivity contribution in [3.63, 3.8) is 0 Å². The van der Waals surface area contributed by atoms with Crippen molar-refractivity contribution in [2.45, 2.75) is 51.2 Å². The average molecular weight is 249 g/mol. The highest BCUT2D eigenvalue weighted by Gasteiger charge is 2.24. The Balaban J connectivity index is 1.57. The number of amides is 2. The molecule has 0 radical (unpaired) electrons. The van der Waals surface area contributed by atoms with E-state index in [0.29, 0.717) is 12.6 Å². The lowest BCUT2D eigenvalue weighted by molar-refractivity contribution is 0.175. The predicted octanol–water partition coefficient (Wildman–Crippen LogP) is 1.14. The molecule has 1 N–H and O–H groups in total. The van der Waals surface area contributed by atoms with Gasteiger partial charge in [0, 0.05) is 19.1 Å². The van der Waals surface area contributed by atoms with Crippen LogP contribution < -0.4 is 5.32 Å². The molecule has 0 atom stereocenters. The summed E-state index contributed by atoms with van der Waals surface area (Å²) >= 11 is 0. The molecule has 6 nitrogen and oxygen atoms in total. The Labute approximate surface area is 106 Å². The van der Waals surface area contributed by atoms with Gasteiger partial charge in [-0.15, -0.1) is 10.2 Å². The van der Waals surface area contributed by atoms with Gasteiger partial charge in [0.1, 0.15) is 6.33 Å². The van der Waals surface area contributed by atoms with Gasteiger partial charge >= 0.3 is 6.03 Å². The average Bonchev–Trinajstić information content (AvgIpc) is 2.87. The molecule has 1 aliphatic heterocycles. The van der Waals surface area contributed by atoms with Gasteiger partial charge in [0.05, 0.1) is 6.54 Å². The molecule has 1 fully saturated rings. The fourth-order valence-electron chi connectivity index (χ4n) is 2.75. The minimum absolute atomic E-state index is 0.0520. The Hall–Kier alpha value is -1.59. The summed E-state index contributed by atoms with van der Waals surface area (Å²) in [5, 5.41) is 11.0. The van der Waals surface area contributed by atoms with E-state index in [1.807, 2.05) is 9.47 Å². The van der Waals surface area contributed by atoms with E-state index in [9.17, 15) is 4.79 Å². The number of fused-ring (bicyclic) bond motifs is 1. The van der Waals surface area contributed by atoms with E-state index in [1.54, 1.807) is 6.33 Å². The van der Waals surface area contributed by atoms with E-state index in [2.05, 4.69) is 15.5 Å². The molecule has 1 aliphatic carbocycles. The number of hydrogen-bond donors (Lipinski definition) is 1. The number of nitrogens with zero attached hydrogens (tertiary/aromatic N) is 4.